The summed E-state index contributed by atoms with van der Waals surface area (Å²) < 4.78 is 19.1. The van der Waals surface area contributed by atoms with E-state index in [4.69, 9.17) is 14.9 Å². The fraction of sp³-hybridized carbons (Fsp3) is 1.00. The third kappa shape index (κ3) is 2.98. The van der Waals surface area contributed by atoms with Crippen molar-refractivity contribution < 1.29 is 44.0 Å². The van der Waals surface area contributed by atoms with E-state index in [1.807, 2.05) is 0 Å². The van der Waals surface area contributed by atoms with Crippen LogP contribution in [0.3, 0.4) is 0 Å². The van der Waals surface area contributed by atoms with Gasteiger partial charge in [-0.25, -0.2) is 4.57 Å². The van der Waals surface area contributed by atoms with Gasteiger partial charge in [0.05, 0.1) is 13.2 Å². The van der Waals surface area contributed by atoms with Gasteiger partial charge in [-0.3, -0.25) is 4.52 Å². The Morgan fingerprint density at radius 2 is 1.94 bits per heavy atom. The molecular weight excluding hydrogens is 247 g/mol. The highest BCUT2D eigenvalue weighted by molar-refractivity contribution is 7.46. The number of phosphoric ester groups is 1. The van der Waals surface area contributed by atoms with E-state index in [0.29, 0.717) is 0 Å². The fourth-order valence-electron chi connectivity index (χ4n) is 1.31. The number of aliphatic hydroxyl groups is 4. The summed E-state index contributed by atoms with van der Waals surface area (Å²) in [4.78, 5) is 16.8. The molecule has 0 aromatic carbocycles. The average molecular weight is 260 g/mol. The molecule has 1 heterocycles. The maximum absolute atomic E-state index is 10.4. The summed E-state index contributed by atoms with van der Waals surface area (Å²) in [5, 5.41) is 36.7. The lowest BCUT2D eigenvalue weighted by atomic mass is 10.1. The molecule has 6 N–H and O–H groups in total. The zero-order valence-electron chi connectivity index (χ0n) is 8.00. The minimum atomic E-state index is -4.73. The molecule has 0 spiro atoms. The van der Waals surface area contributed by atoms with Crippen LogP contribution < -0.4 is 0 Å². The summed E-state index contributed by atoms with van der Waals surface area (Å²) in [6.45, 7) is -1.71. The number of aliphatic hydroxyl groups excluding tert-OH is 3. The molecule has 0 amide bonds. The standard InChI is InChI=1S/C6H13O9P/c7-2-6(10)5(9)4(8)3(15-6)1-14-16(11,12)13/h3-5,7-10H,1-2H2,(H2,11,12,13)/t3-,4?,5+,6+/m1/s1. The number of ether oxygens (including phenoxy) is 1. The van der Waals surface area contributed by atoms with Gasteiger partial charge in [0, 0.05) is 0 Å². The van der Waals surface area contributed by atoms with Gasteiger partial charge in [0.1, 0.15) is 18.3 Å². The predicted octanol–water partition coefficient (Wildman–Crippen LogP) is -3.10. The number of phosphoric acid groups is 1. The molecule has 1 fully saturated rings. The van der Waals surface area contributed by atoms with Gasteiger partial charge in [-0.05, 0) is 0 Å². The maximum Gasteiger partial charge on any atom is 0.469 e. The predicted molar refractivity (Wildman–Crippen MR) is 46.9 cm³/mol. The summed E-state index contributed by atoms with van der Waals surface area (Å²) in [5.41, 5.74) is 0. The van der Waals surface area contributed by atoms with Crippen molar-refractivity contribution in [2.24, 2.45) is 0 Å². The summed E-state index contributed by atoms with van der Waals surface area (Å²) >= 11 is 0. The quantitative estimate of drug-likeness (QED) is 0.288. The van der Waals surface area contributed by atoms with Crippen LogP contribution in [0.25, 0.3) is 0 Å². The van der Waals surface area contributed by atoms with E-state index >= 15 is 0 Å². The minimum absolute atomic E-state index is 0.731. The first-order chi connectivity index (χ1) is 7.19. The molecule has 4 atom stereocenters. The SMILES string of the molecule is O=P(O)(O)OC[C@H]1O[C@@](O)(CO)[C@@H](O)C1O. The first kappa shape index (κ1) is 14.0. The highest BCUT2D eigenvalue weighted by Crippen LogP contribution is 2.38. The van der Waals surface area contributed by atoms with Gasteiger partial charge in [-0.2, -0.15) is 0 Å². The second-order valence-electron chi connectivity index (χ2n) is 3.38. The first-order valence-electron chi connectivity index (χ1n) is 4.27. The van der Waals surface area contributed by atoms with E-state index < -0.39 is 45.1 Å². The lowest BCUT2D eigenvalue weighted by Crippen LogP contribution is -2.46. The molecule has 0 aromatic heterocycles. The monoisotopic (exact) mass is 260 g/mol. The molecule has 1 unspecified atom stereocenters. The number of hydrogen-bond donors (Lipinski definition) is 6. The van der Waals surface area contributed by atoms with Gasteiger partial charge in [0.25, 0.3) is 0 Å². The van der Waals surface area contributed by atoms with Crippen molar-refractivity contribution in [2.75, 3.05) is 13.2 Å². The van der Waals surface area contributed by atoms with Crippen molar-refractivity contribution in [3.63, 3.8) is 0 Å². The van der Waals surface area contributed by atoms with Crippen molar-refractivity contribution >= 4 is 7.82 Å². The normalized spacial score (nSPS) is 40.2. The Hall–Kier alpha value is -0.0900. The first-order valence-corrected chi connectivity index (χ1v) is 5.80. The van der Waals surface area contributed by atoms with Gasteiger partial charge < -0.3 is 34.9 Å². The topological polar surface area (TPSA) is 157 Å². The molecule has 1 aliphatic rings. The van der Waals surface area contributed by atoms with E-state index in [9.17, 15) is 19.9 Å². The molecule has 0 bridgehead atoms. The Kier molecular flexibility index (Phi) is 4.06. The zero-order chi connectivity index (χ0) is 12.6. The van der Waals surface area contributed by atoms with Crippen LogP contribution in [0.2, 0.25) is 0 Å². The van der Waals surface area contributed by atoms with Crippen molar-refractivity contribution in [3.05, 3.63) is 0 Å². The maximum atomic E-state index is 10.4. The van der Waals surface area contributed by atoms with Crippen LogP contribution in [0.4, 0.5) is 0 Å². The molecule has 16 heavy (non-hydrogen) atoms. The molecular formula is C6H13O9P. The molecule has 96 valence electrons. The van der Waals surface area contributed by atoms with Crippen LogP contribution in [0, 0.1) is 0 Å². The molecule has 10 heteroatoms. The van der Waals surface area contributed by atoms with E-state index in [0.717, 1.165) is 0 Å². The van der Waals surface area contributed by atoms with Crippen LogP contribution in [0.1, 0.15) is 0 Å². The molecule has 0 aliphatic carbocycles. The lowest BCUT2D eigenvalue weighted by molar-refractivity contribution is -0.247. The average Bonchev–Trinajstić information content (AvgIpc) is 2.40. The summed E-state index contributed by atoms with van der Waals surface area (Å²) in [5.74, 6) is -2.36. The Morgan fingerprint density at radius 3 is 2.31 bits per heavy atom. The van der Waals surface area contributed by atoms with Crippen LogP contribution >= 0.6 is 7.82 Å². The third-order valence-electron chi connectivity index (χ3n) is 2.16. The molecule has 0 radical (unpaired) electrons. The second kappa shape index (κ2) is 4.65. The molecule has 0 aromatic rings. The largest absolute Gasteiger partial charge is 0.469 e. The zero-order valence-corrected chi connectivity index (χ0v) is 8.90. The summed E-state index contributed by atoms with van der Waals surface area (Å²) in [6, 6.07) is 0. The second-order valence-corrected chi connectivity index (χ2v) is 4.62. The molecule has 9 nitrogen and oxygen atoms in total. The molecule has 1 aliphatic heterocycles. The Morgan fingerprint density at radius 1 is 1.38 bits per heavy atom. The number of rotatable bonds is 4. The van der Waals surface area contributed by atoms with E-state index in [2.05, 4.69) is 9.26 Å². The van der Waals surface area contributed by atoms with Gasteiger partial charge in [-0.15, -0.1) is 0 Å². The lowest BCUT2D eigenvalue weighted by Gasteiger charge is -2.22. The third-order valence-corrected chi connectivity index (χ3v) is 2.64. The number of hydrogen-bond acceptors (Lipinski definition) is 7. The van der Waals surface area contributed by atoms with Gasteiger partial charge in [0.2, 0.25) is 5.79 Å². The molecule has 1 rings (SSSR count). The summed E-state index contributed by atoms with van der Waals surface area (Å²) in [7, 11) is -4.73. The Bertz CT molecular complexity index is 290. The van der Waals surface area contributed by atoms with E-state index in [-0.39, 0.29) is 0 Å². The van der Waals surface area contributed by atoms with Crippen LogP contribution in [-0.2, 0) is 13.8 Å². The van der Waals surface area contributed by atoms with Crippen LogP contribution in [0.15, 0.2) is 0 Å². The highest BCUT2D eigenvalue weighted by Gasteiger charge is 2.53. The van der Waals surface area contributed by atoms with Crippen LogP contribution in [-0.4, -0.2) is 67.5 Å². The van der Waals surface area contributed by atoms with Crippen LogP contribution in [0.5, 0.6) is 0 Å². The Balaban J connectivity index is 2.61. The van der Waals surface area contributed by atoms with E-state index in [1.54, 1.807) is 0 Å². The van der Waals surface area contributed by atoms with Crippen molar-refractivity contribution in [1.29, 1.82) is 0 Å². The van der Waals surface area contributed by atoms with Gasteiger partial charge in [-0.1, -0.05) is 0 Å². The van der Waals surface area contributed by atoms with E-state index in [1.165, 1.54) is 0 Å². The van der Waals surface area contributed by atoms with Crippen molar-refractivity contribution in [1.82, 2.24) is 0 Å². The van der Waals surface area contributed by atoms with Crippen molar-refractivity contribution in [3.8, 4) is 0 Å². The highest BCUT2D eigenvalue weighted by atomic mass is 31.2. The summed E-state index contributed by atoms with van der Waals surface area (Å²) in [6.07, 6.45) is -4.76. The fourth-order valence-corrected chi connectivity index (χ4v) is 1.65. The van der Waals surface area contributed by atoms with Gasteiger partial charge in [0.15, 0.2) is 0 Å². The van der Waals surface area contributed by atoms with Gasteiger partial charge >= 0.3 is 7.82 Å². The smallest absolute Gasteiger partial charge is 0.391 e. The minimum Gasteiger partial charge on any atom is -0.391 e. The van der Waals surface area contributed by atoms with Crippen molar-refractivity contribution in [2.45, 2.75) is 24.1 Å². The Labute approximate surface area is 90.1 Å². The molecule has 0 saturated carbocycles. The molecule has 1 saturated heterocycles.